The summed E-state index contributed by atoms with van der Waals surface area (Å²) in [6.07, 6.45) is 1.02. The summed E-state index contributed by atoms with van der Waals surface area (Å²) in [5.74, 6) is 0.905. The minimum absolute atomic E-state index is 0.0119. The van der Waals surface area contributed by atoms with Gasteiger partial charge in [0.2, 0.25) is 5.91 Å². The molecule has 1 N–H and O–H groups in total. The Hall–Kier alpha value is -2.29. The fourth-order valence-electron chi connectivity index (χ4n) is 2.58. The highest BCUT2D eigenvalue weighted by atomic mass is 16.5. The molecule has 2 rings (SSSR count). The maximum atomic E-state index is 11.1. The number of rotatable bonds is 6. The van der Waals surface area contributed by atoms with Gasteiger partial charge in [0.1, 0.15) is 5.75 Å². The molecule has 0 radical (unpaired) electrons. The summed E-state index contributed by atoms with van der Waals surface area (Å²) < 4.78 is 5.67. The molecule has 0 aliphatic carbocycles. The van der Waals surface area contributed by atoms with Crippen molar-refractivity contribution < 1.29 is 9.53 Å². The van der Waals surface area contributed by atoms with E-state index in [9.17, 15) is 4.79 Å². The highest BCUT2D eigenvalue weighted by molar-refractivity contribution is 5.73. The topological polar surface area (TPSA) is 38.3 Å². The maximum Gasteiger partial charge on any atom is 0.217 e. The van der Waals surface area contributed by atoms with Crippen LogP contribution in [0.4, 0.5) is 0 Å². The number of hydrogen-bond donors (Lipinski definition) is 1. The minimum Gasteiger partial charge on any atom is -0.491 e. The van der Waals surface area contributed by atoms with Crippen molar-refractivity contribution in [2.75, 3.05) is 0 Å². The molecule has 0 saturated heterocycles. The van der Waals surface area contributed by atoms with Crippen LogP contribution in [0, 0.1) is 0 Å². The number of hydrogen-bond acceptors (Lipinski definition) is 2. The predicted octanol–water partition coefficient (Wildman–Crippen LogP) is 4.21. The van der Waals surface area contributed by atoms with Crippen molar-refractivity contribution in [1.29, 1.82) is 0 Å². The zero-order valence-corrected chi connectivity index (χ0v) is 14.3. The Morgan fingerprint density at radius 1 is 0.957 bits per heavy atom. The zero-order chi connectivity index (χ0) is 16.8. The molecule has 2 aromatic carbocycles. The van der Waals surface area contributed by atoms with Crippen molar-refractivity contribution in [2.24, 2.45) is 0 Å². The molecule has 1 atom stereocenters. The average Bonchev–Trinajstić information content (AvgIpc) is 2.47. The maximum absolute atomic E-state index is 11.1. The van der Waals surface area contributed by atoms with E-state index in [1.54, 1.807) is 6.92 Å². The standard InChI is InChI=1S/C20H25NO2/c1-14(2)23-20-11-9-19(10-12-20)18-7-5-17(6-8-18)13-15(3)21-16(4)22/h5-12,14-15H,13H2,1-4H3,(H,21,22)/t15-/m0/s1. The van der Waals surface area contributed by atoms with Gasteiger partial charge in [-0.3, -0.25) is 4.79 Å². The van der Waals surface area contributed by atoms with E-state index in [1.165, 1.54) is 16.7 Å². The van der Waals surface area contributed by atoms with Crippen LogP contribution in [0.15, 0.2) is 48.5 Å². The molecule has 0 spiro atoms. The summed E-state index contributed by atoms with van der Waals surface area (Å²) in [6.45, 7) is 7.61. The first-order chi connectivity index (χ1) is 10.9. The summed E-state index contributed by atoms with van der Waals surface area (Å²) in [5.41, 5.74) is 3.56. The molecule has 0 unspecified atom stereocenters. The van der Waals surface area contributed by atoms with Crippen molar-refractivity contribution in [3.63, 3.8) is 0 Å². The highest BCUT2D eigenvalue weighted by Crippen LogP contribution is 2.23. The summed E-state index contributed by atoms with van der Waals surface area (Å²) in [5, 5.41) is 2.91. The molecule has 0 aliphatic heterocycles. The molecular weight excluding hydrogens is 286 g/mol. The number of amides is 1. The largest absolute Gasteiger partial charge is 0.491 e. The van der Waals surface area contributed by atoms with Crippen LogP contribution in [0.25, 0.3) is 11.1 Å². The third-order valence-corrected chi connectivity index (χ3v) is 3.50. The van der Waals surface area contributed by atoms with Crippen LogP contribution >= 0.6 is 0 Å². The molecule has 0 fully saturated rings. The van der Waals surface area contributed by atoms with E-state index in [0.717, 1.165) is 12.2 Å². The summed E-state index contributed by atoms with van der Waals surface area (Å²) in [4.78, 5) is 11.1. The van der Waals surface area contributed by atoms with Gasteiger partial charge < -0.3 is 10.1 Å². The smallest absolute Gasteiger partial charge is 0.217 e. The Bertz CT molecular complexity index is 630. The lowest BCUT2D eigenvalue weighted by molar-refractivity contribution is -0.119. The van der Waals surface area contributed by atoms with Crippen molar-refractivity contribution >= 4 is 5.91 Å². The number of ether oxygens (including phenoxy) is 1. The highest BCUT2D eigenvalue weighted by Gasteiger charge is 2.05. The number of carbonyl (C=O) groups is 1. The molecule has 0 heterocycles. The lowest BCUT2D eigenvalue weighted by atomic mass is 10.0. The molecule has 23 heavy (non-hydrogen) atoms. The Balaban J connectivity index is 2.03. The van der Waals surface area contributed by atoms with E-state index in [4.69, 9.17) is 4.74 Å². The Morgan fingerprint density at radius 3 is 1.96 bits per heavy atom. The van der Waals surface area contributed by atoms with Crippen LogP contribution in [0.1, 0.15) is 33.3 Å². The van der Waals surface area contributed by atoms with Gasteiger partial charge in [-0.25, -0.2) is 0 Å². The quantitative estimate of drug-likeness (QED) is 0.868. The molecule has 0 aromatic heterocycles. The molecule has 0 bridgehead atoms. The number of carbonyl (C=O) groups excluding carboxylic acids is 1. The van der Waals surface area contributed by atoms with E-state index in [1.807, 2.05) is 32.9 Å². The van der Waals surface area contributed by atoms with Crippen LogP contribution in [0.3, 0.4) is 0 Å². The number of nitrogens with one attached hydrogen (secondary N) is 1. The first kappa shape index (κ1) is 17.1. The summed E-state index contributed by atoms with van der Waals surface area (Å²) in [7, 11) is 0. The van der Waals surface area contributed by atoms with Crippen LogP contribution < -0.4 is 10.1 Å². The Labute approximate surface area is 138 Å². The molecule has 3 heteroatoms. The van der Waals surface area contributed by atoms with Gasteiger partial charge in [0.15, 0.2) is 0 Å². The van der Waals surface area contributed by atoms with E-state index in [0.29, 0.717) is 0 Å². The van der Waals surface area contributed by atoms with Crippen molar-refractivity contribution in [3.8, 4) is 16.9 Å². The van der Waals surface area contributed by atoms with Crippen LogP contribution in [-0.4, -0.2) is 18.1 Å². The van der Waals surface area contributed by atoms with Crippen LogP contribution in [0.2, 0.25) is 0 Å². The second-order valence-corrected chi connectivity index (χ2v) is 6.19. The Kier molecular flexibility index (Phi) is 5.80. The zero-order valence-electron chi connectivity index (χ0n) is 14.3. The molecule has 122 valence electrons. The van der Waals surface area contributed by atoms with Gasteiger partial charge in [-0.15, -0.1) is 0 Å². The van der Waals surface area contributed by atoms with E-state index >= 15 is 0 Å². The average molecular weight is 311 g/mol. The lowest BCUT2D eigenvalue weighted by Crippen LogP contribution is -2.31. The van der Waals surface area contributed by atoms with Gasteiger partial charge >= 0.3 is 0 Å². The minimum atomic E-state index is 0.0119. The summed E-state index contributed by atoms with van der Waals surface area (Å²) >= 11 is 0. The normalized spacial score (nSPS) is 12.0. The van der Waals surface area contributed by atoms with Crippen molar-refractivity contribution in [1.82, 2.24) is 5.32 Å². The predicted molar refractivity (Wildman–Crippen MR) is 94.6 cm³/mol. The SMILES string of the molecule is CC(=O)N[C@@H](C)Cc1ccc(-c2ccc(OC(C)C)cc2)cc1. The molecule has 0 aliphatic rings. The summed E-state index contributed by atoms with van der Waals surface area (Å²) in [6, 6.07) is 16.8. The van der Waals surface area contributed by atoms with Gasteiger partial charge in [-0.1, -0.05) is 36.4 Å². The number of benzene rings is 2. The van der Waals surface area contributed by atoms with Gasteiger partial charge in [0.05, 0.1) is 6.10 Å². The second-order valence-electron chi connectivity index (χ2n) is 6.19. The third-order valence-electron chi connectivity index (χ3n) is 3.50. The molecule has 1 amide bonds. The fraction of sp³-hybridized carbons (Fsp3) is 0.350. The van der Waals surface area contributed by atoms with Gasteiger partial charge in [-0.2, -0.15) is 0 Å². The van der Waals surface area contributed by atoms with Gasteiger partial charge in [0.25, 0.3) is 0 Å². The Morgan fingerprint density at radius 2 is 1.48 bits per heavy atom. The van der Waals surface area contributed by atoms with Gasteiger partial charge in [-0.05, 0) is 56.0 Å². The monoisotopic (exact) mass is 311 g/mol. The van der Waals surface area contributed by atoms with Gasteiger partial charge in [0, 0.05) is 13.0 Å². The van der Waals surface area contributed by atoms with Crippen molar-refractivity contribution in [3.05, 3.63) is 54.1 Å². The van der Waals surface area contributed by atoms with Crippen molar-refractivity contribution in [2.45, 2.75) is 46.3 Å². The van der Waals surface area contributed by atoms with E-state index in [-0.39, 0.29) is 18.1 Å². The molecule has 0 saturated carbocycles. The molecule has 2 aromatic rings. The first-order valence-corrected chi connectivity index (χ1v) is 8.07. The fourth-order valence-corrected chi connectivity index (χ4v) is 2.58. The van der Waals surface area contributed by atoms with E-state index < -0.39 is 0 Å². The van der Waals surface area contributed by atoms with Crippen LogP contribution in [0.5, 0.6) is 5.75 Å². The second kappa shape index (κ2) is 7.82. The first-order valence-electron chi connectivity index (χ1n) is 8.07. The van der Waals surface area contributed by atoms with E-state index in [2.05, 4.69) is 41.7 Å². The lowest BCUT2D eigenvalue weighted by Gasteiger charge is -2.13. The molecule has 3 nitrogen and oxygen atoms in total. The van der Waals surface area contributed by atoms with Crippen LogP contribution in [-0.2, 0) is 11.2 Å². The third kappa shape index (κ3) is 5.44. The molecular formula is C20H25NO2.